The van der Waals surface area contributed by atoms with Crippen molar-refractivity contribution in [3.05, 3.63) is 17.5 Å². The number of nitrogens with zero attached hydrogens (tertiary/aromatic N) is 1. The van der Waals surface area contributed by atoms with Gasteiger partial charge in [-0.3, -0.25) is 5.10 Å². The minimum atomic E-state index is 1.20. The molecular formula is C10H16N2. The largest absolute Gasteiger partial charge is 0.282 e. The van der Waals surface area contributed by atoms with Gasteiger partial charge in [0.05, 0.1) is 6.20 Å². The molecule has 1 aliphatic carbocycles. The van der Waals surface area contributed by atoms with E-state index in [-0.39, 0.29) is 0 Å². The number of rotatable bonds is 0. The molecule has 1 aromatic rings. The van der Waals surface area contributed by atoms with E-state index in [9.17, 15) is 0 Å². The maximum absolute atomic E-state index is 4.09. The Labute approximate surface area is 73.4 Å². The topological polar surface area (TPSA) is 28.7 Å². The molecule has 1 heterocycles. The fraction of sp³-hybridized carbons (Fsp3) is 0.700. The lowest BCUT2D eigenvalue weighted by molar-refractivity contribution is 0.626. The van der Waals surface area contributed by atoms with Crippen LogP contribution in [-0.2, 0) is 12.8 Å². The molecule has 0 unspecified atom stereocenters. The highest BCUT2D eigenvalue weighted by atomic mass is 15.1. The van der Waals surface area contributed by atoms with E-state index >= 15 is 0 Å². The van der Waals surface area contributed by atoms with E-state index in [4.69, 9.17) is 0 Å². The molecule has 12 heavy (non-hydrogen) atoms. The van der Waals surface area contributed by atoms with Gasteiger partial charge in [-0.25, -0.2) is 0 Å². The molecule has 0 fully saturated rings. The van der Waals surface area contributed by atoms with Gasteiger partial charge in [0, 0.05) is 5.69 Å². The summed E-state index contributed by atoms with van der Waals surface area (Å²) in [5.74, 6) is 0. The second-order valence-corrected chi connectivity index (χ2v) is 3.64. The van der Waals surface area contributed by atoms with Gasteiger partial charge in [-0.2, -0.15) is 5.10 Å². The molecule has 2 heteroatoms. The van der Waals surface area contributed by atoms with Crippen LogP contribution < -0.4 is 0 Å². The SMILES string of the molecule is c1n[nH]c2c1CCCCCCC2. The van der Waals surface area contributed by atoms with Crippen LogP contribution in [0.1, 0.15) is 43.4 Å². The van der Waals surface area contributed by atoms with Crippen molar-refractivity contribution < 1.29 is 0 Å². The Morgan fingerprint density at radius 2 is 1.75 bits per heavy atom. The number of H-pyrrole nitrogens is 1. The van der Waals surface area contributed by atoms with Crippen molar-refractivity contribution in [1.82, 2.24) is 10.2 Å². The highest BCUT2D eigenvalue weighted by Gasteiger charge is 2.06. The summed E-state index contributed by atoms with van der Waals surface area (Å²) in [5.41, 5.74) is 2.84. The minimum Gasteiger partial charge on any atom is -0.282 e. The normalized spacial score (nSPS) is 19.0. The van der Waals surface area contributed by atoms with E-state index in [1.807, 2.05) is 6.20 Å². The first-order valence-electron chi connectivity index (χ1n) is 4.98. The predicted octanol–water partition coefficient (Wildman–Crippen LogP) is 2.46. The summed E-state index contributed by atoms with van der Waals surface area (Å²) in [5, 5.41) is 7.20. The molecule has 0 atom stereocenters. The first kappa shape index (κ1) is 7.84. The minimum absolute atomic E-state index is 1.20. The summed E-state index contributed by atoms with van der Waals surface area (Å²) in [7, 11) is 0. The molecule has 0 spiro atoms. The highest BCUT2D eigenvalue weighted by Crippen LogP contribution is 2.17. The fourth-order valence-corrected chi connectivity index (χ4v) is 1.92. The molecule has 2 rings (SSSR count). The molecule has 0 bridgehead atoms. The summed E-state index contributed by atoms with van der Waals surface area (Å²) in [6, 6.07) is 0. The van der Waals surface area contributed by atoms with Gasteiger partial charge in [0.15, 0.2) is 0 Å². The van der Waals surface area contributed by atoms with Crippen molar-refractivity contribution in [2.75, 3.05) is 0 Å². The Kier molecular flexibility index (Phi) is 2.45. The summed E-state index contributed by atoms with van der Waals surface area (Å²) in [6.07, 6.45) is 11.3. The first-order chi connectivity index (χ1) is 5.97. The monoisotopic (exact) mass is 164 g/mol. The molecule has 0 saturated carbocycles. The van der Waals surface area contributed by atoms with Gasteiger partial charge in [-0.15, -0.1) is 0 Å². The summed E-state index contributed by atoms with van der Waals surface area (Å²) < 4.78 is 0. The maximum atomic E-state index is 4.09. The van der Waals surface area contributed by atoms with E-state index in [2.05, 4.69) is 10.2 Å². The molecular weight excluding hydrogens is 148 g/mol. The second kappa shape index (κ2) is 3.74. The molecule has 1 aliphatic rings. The van der Waals surface area contributed by atoms with Gasteiger partial charge in [-0.1, -0.05) is 19.3 Å². The summed E-state index contributed by atoms with van der Waals surface area (Å²) in [4.78, 5) is 0. The van der Waals surface area contributed by atoms with Crippen LogP contribution in [0.25, 0.3) is 0 Å². The summed E-state index contributed by atoms with van der Waals surface area (Å²) >= 11 is 0. The van der Waals surface area contributed by atoms with Gasteiger partial charge in [-0.05, 0) is 31.2 Å². The van der Waals surface area contributed by atoms with Crippen molar-refractivity contribution in [2.45, 2.75) is 44.9 Å². The average molecular weight is 164 g/mol. The van der Waals surface area contributed by atoms with Crippen LogP contribution in [-0.4, -0.2) is 10.2 Å². The number of fused-ring (bicyclic) bond motifs is 1. The molecule has 66 valence electrons. The Balaban J connectivity index is 2.10. The number of aromatic amines is 1. The van der Waals surface area contributed by atoms with Crippen LogP contribution >= 0.6 is 0 Å². The quantitative estimate of drug-likeness (QED) is 0.627. The highest BCUT2D eigenvalue weighted by molar-refractivity contribution is 5.16. The first-order valence-corrected chi connectivity index (χ1v) is 4.98. The third kappa shape index (κ3) is 1.68. The Morgan fingerprint density at radius 1 is 1.00 bits per heavy atom. The zero-order valence-corrected chi connectivity index (χ0v) is 7.47. The fourth-order valence-electron chi connectivity index (χ4n) is 1.92. The Morgan fingerprint density at radius 3 is 2.67 bits per heavy atom. The third-order valence-corrected chi connectivity index (χ3v) is 2.68. The van der Waals surface area contributed by atoms with E-state index in [1.54, 1.807) is 0 Å². The smallest absolute Gasteiger partial charge is 0.0522 e. The number of aromatic nitrogens is 2. The van der Waals surface area contributed by atoms with E-state index in [1.165, 1.54) is 56.2 Å². The second-order valence-electron chi connectivity index (χ2n) is 3.64. The van der Waals surface area contributed by atoms with Crippen molar-refractivity contribution in [3.8, 4) is 0 Å². The number of hydrogen-bond donors (Lipinski definition) is 1. The lowest BCUT2D eigenvalue weighted by atomic mass is 10.1. The molecule has 0 amide bonds. The molecule has 0 aliphatic heterocycles. The van der Waals surface area contributed by atoms with Crippen LogP contribution in [0.15, 0.2) is 6.20 Å². The van der Waals surface area contributed by atoms with Crippen LogP contribution in [0.3, 0.4) is 0 Å². The lowest BCUT2D eigenvalue weighted by Gasteiger charge is -1.97. The Bertz CT molecular complexity index is 217. The van der Waals surface area contributed by atoms with Crippen molar-refractivity contribution in [2.24, 2.45) is 0 Å². The van der Waals surface area contributed by atoms with Gasteiger partial charge in [0.1, 0.15) is 0 Å². The zero-order valence-electron chi connectivity index (χ0n) is 7.47. The number of aryl methyl sites for hydroxylation is 2. The maximum Gasteiger partial charge on any atom is 0.0522 e. The molecule has 0 radical (unpaired) electrons. The van der Waals surface area contributed by atoms with Gasteiger partial charge < -0.3 is 0 Å². The van der Waals surface area contributed by atoms with Crippen molar-refractivity contribution in [3.63, 3.8) is 0 Å². The standard InChI is InChI=1S/C10H16N2/c1-2-4-6-9-8-11-12-10(9)7-5-3-1/h8H,1-7H2,(H,11,12). The van der Waals surface area contributed by atoms with Crippen molar-refractivity contribution in [1.29, 1.82) is 0 Å². The lowest BCUT2D eigenvalue weighted by Crippen LogP contribution is -1.90. The molecule has 2 nitrogen and oxygen atoms in total. The Hall–Kier alpha value is -0.790. The molecule has 1 N–H and O–H groups in total. The van der Waals surface area contributed by atoms with E-state index in [0.29, 0.717) is 0 Å². The molecule has 0 saturated heterocycles. The van der Waals surface area contributed by atoms with E-state index in [0.717, 1.165) is 0 Å². The predicted molar refractivity (Wildman–Crippen MR) is 49.1 cm³/mol. The third-order valence-electron chi connectivity index (χ3n) is 2.68. The number of hydrogen-bond acceptors (Lipinski definition) is 1. The average Bonchev–Trinajstić information content (AvgIpc) is 2.50. The van der Waals surface area contributed by atoms with Crippen molar-refractivity contribution >= 4 is 0 Å². The van der Waals surface area contributed by atoms with Gasteiger partial charge in [0.25, 0.3) is 0 Å². The van der Waals surface area contributed by atoms with Crippen LogP contribution in [0, 0.1) is 0 Å². The van der Waals surface area contributed by atoms with Crippen LogP contribution in [0.2, 0.25) is 0 Å². The molecule has 1 aromatic heterocycles. The molecule has 0 aromatic carbocycles. The van der Waals surface area contributed by atoms with Gasteiger partial charge in [0.2, 0.25) is 0 Å². The number of nitrogens with one attached hydrogen (secondary N) is 1. The van der Waals surface area contributed by atoms with E-state index < -0.39 is 0 Å². The van der Waals surface area contributed by atoms with Gasteiger partial charge >= 0.3 is 0 Å². The summed E-state index contributed by atoms with van der Waals surface area (Å²) in [6.45, 7) is 0. The zero-order chi connectivity index (χ0) is 8.23. The van der Waals surface area contributed by atoms with Crippen LogP contribution in [0.5, 0.6) is 0 Å². The van der Waals surface area contributed by atoms with Crippen LogP contribution in [0.4, 0.5) is 0 Å².